The van der Waals surface area contributed by atoms with E-state index in [0.29, 0.717) is 18.0 Å². The van der Waals surface area contributed by atoms with Crippen molar-refractivity contribution in [2.45, 2.75) is 13.3 Å². The highest BCUT2D eigenvalue weighted by Crippen LogP contribution is 2.26. The lowest BCUT2D eigenvalue weighted by molar-refractivity contribution is -0.117. The van der Waals surface area contributed by atoms with Gasteiger partial charge in [0.1, 0.15) is 5.75 Å². The van der Waals surface area contributed by atoms with Crippen molar-refractivity contribution < 1.29 is 14.3 Å². The van der Waals surface area contributed by atoms with Crippen molar-refractivity contribution in [1.29, 1.82) is 0 Å². The van der Waals surface area contributed by atoms with E-state index < -0.39 is 0 Å². The summed E-state index contributed by atoms with van der Waals surface area (Å²) in [5.74, 6) is 0.296. The second kappa shape index (κ2) is 8.49. The van der Waals surface area contributed by atoms with Gasteiger partial charge in [-0.3, -0.25) is 9.59 Å². The number of halogens is 1. The Hall–Kier alpha value is -2.34. The largest absolute Gasteiger partial charge is 0.495 e. The van der Waals surface area contributed by atoms with Gasteiger partial charge >= 0.3 is 0 Å². The average Bonchev–Trinajstić information content (AvgIpc) is 2.57. The summed E-state index contributed by atoms with van der Waals surface area (Å²) in [4.78, 5) is 25.7. The Morgan fingerprint density at radius 1 is 1.12 bits per heavy atom. The van der Waals surface area contributed by atoms with Crippen LogP contribution in [0, 0.1) is 0 Å². The number of carbonyl (C=O) groups is 2. The summed E-state index contributed by atoms with van der Waals surface area (Å²) in [6.07, 6.45) is 0.180. The number of hydrogen-bond acceptors (Lipinski definition) is 3. The van der Waals surface area contributed by atoms with Crippen LogP contribution in [0.5, 0.6) is 5.75 Å². The van der Waals surface area contributed by atoms with Crippen LogP contribution >= 0.6 is 15.9 Å². The molecule has 2 aromatic carbocycles. The first-order chi connectivity index (χ1) is 11.5. The second-order valence-corrected chi connectivity index (χ2v) is 5.97. The van der Waals surface area contributed by atoms with Crippen LogP contribution in [0.4, 0.5) is 11.4 Å². The highest BCUT2D eigenvalue weighted by molar-refractivity contribution is 9.10. The predicted molar refractivity (Wildman–Crippen MR) is 98.4 cm³/mol. The molecule has 2 rings (SSSR count). The third-order valence-corrected chi connectivity index (χ3v) is 4.14. The summed E-state index contributed by atoms with van der Waals surface area (Å²) in [6.45, 7) is 1.77. The Morgan fingerprint density at radius 3 is 2.46 bits per heavy atom. The predicted octanol–water partition coefficient (Wildman–Crippen LogP) is 3.84. The van der Waals surface area contributed by atoms with Crippen molar-refractivity contribution in [2.75, 3.05) is 23.9 Å². The third kappa shape index (κ3) is 4.58. The first-order valence-electron chi connectivity index (χ1n) is 7.48. The molecule has 0 aliphatic carbocycles. The Morgan fingerprint density at radius 2 is 1.79 bits per heavy atom. The van der Waals surface area contributed by atoms with Crippen LogP contribution in [0.2, 0.25) is 0 Å². The second-order valence-electron chi connectivity index (χ2n) is 5.12. The number of hydrogen-bond donors (Lipinski definition) is 1. The van der Waals surface area contributed by atoms with Crippen LogP contribution in [0.3, 0.4) is 0 Å². The number of anilines is 2. The highest BCUT2D eigenvalue weighted by Gasteiger charge is 2.16. The zero-order valence-corrected chi connectivity index (χ0v) is 15.2. The number of rotatable bonds is 6. The van der Waals surface area contributed by atoms with Crippen molar-refractivity contribution >= 4 is 39.1 Å². The Kier molecular flexibility index (Phi) is 6.37. The Labute approximate surface area is 149 Å². The molecule has 2 aromatic rings. The molecular formula is C18H19BrN2O3. The smallest absolute Gasteiger partial charge is 0.226 e. The fourth-order valence-electron chi connectivity index (χ4n) is 2.29. The lowest BCUT2D eigenvalue weighted by atomic mass is 10.2. The van der Waals surface area contributed by atoms with Crippen LogP contribution in [0.15, 0.2) is 53.0 Å². The molecule has 0 heterocycles. The molecule has 0 atom stereocenters. The maximum Gasteiger partial charge on any atom is 0.226 e. The minimum Gasteiger partial charge on any atom is -0.495 e. The van der Waals surface area contributed by atoms with Gasteiger partial charge in [0, 0.05) is 24.4 Å². The van der Waals surface area contributed by atoms with E-state index in [1.807, 2.05) is 36.4 Å². The Balaban J connectivity index is 2.03. The molecule has 0 aliphatic rings. The van der Waals surface area contributed by atoms with E-state index >= 15 is 0 Å². The quantitative estimate of drug-likeness (QED) is 0.814. The number of methoxy groups -OCH3 is 1. The Bertz CT molecular complexity index is 734. The molecule has 2 amide bonds. The molecule has 0 aliphatic heterocycles. The molecule has 0 saturated heterocycles. The van der Waals surface area contributed by atoms with Gasteiger partial charge in [-0.25, -0.2) is 0 Å². The van der Waals surface area contributed by atoms with Crippen LogP contribution in [0.25, 0.3) is 0 Å². The standard InChI is InChI=1S/C18H19BrN2O3/c1-13(22)21(16-9-5-3-7-14(16)19)12-11-18(23)20-15-8-4-6-10-17(15)24-2/h3-10H,11-12H2,1-2H3,(H,20,23). The molecule has 0 aromatic heterocycles. The van der Waals surface area contributed by atoms with Gasteiger partial charge in [0.15, 0.2) is 0 Å². The lowest BCUT2D eigenvalue weighted by Crippen LogP contribution is -2.32. The zero-order chi connectivity index (χ0) is 17.5. The topological polar surface area (TPSA) is 58.6 Å². The van der Waals surface area contributed by atoms with E-state index in [4.69, 9.17) is 4.74 Å². The summed E-state index contributed by atoms with van der Waals surface area (Å²) >= 11 is 3.43. The number of amides is 2. The molecule has 0 unspecified atom stereocenters. The van der Waals surface area contributed by atoms with Gasteiger partial charge in [-0.2, -0.15) is 0 Å². The average molecular weight is 391 g/mol. The van der Waals surface area contributed by atoms with Gasteiger partial charge in [-0.1, -0.05) is 24.3 Å². The number of nitrogens with zero attached hydrogens (tertiary/aromatic N) is 1. The molecular weight excluding hydrogens is 372 g/mol. The monoisotopic (exact) mass is 390 g/mol. The van der Waals surface area contributed by atoms with Crippen LogP contribution < -0.4 is 15.0 Å². The van der Waals surface area contributed by atoms with Crippen molar-refractivity contribution in [3.05, 3.63) is 53.0 Å². The summed E-state index contributed by atoms with van der Waals surface area (Å²) < 4.78 is 6.02. The molecule has 0 spiro atoms. The first kappa shape index (κ1) is 18.0. The van der Waals surface area contributed by atoms with Crippen molar-refractivity contribution in [1.82, 2.24) is 0 Å². The molecule has 5 nitrogen and oxygen atoms in total. The van der Waals surface area contributed by atoms with E-state index in [2.05, 4.69) is 21.2 Å². The number of ether oxygens (including phenoxy) is 1. The molecule has 0 radical (unpaired) electrons. The molecule has 126 valence electrons. The van der Waals surface area contributed by atoms with E-state index in [9.17, 15) is 9.59 Å². The van der Waals surface area contributed by atoms with Crippen molar-refractivity contribution in [3.63, 3.8) is 0 Å². The van der Waals surface area contributed by atoms with Crippen LogP contribution in [-0.2, 0) is 9.59 Å². The molecule has 0 saturated carbocycles. The maximum absolute atomic E-state index is 12.2. The fourth-order valence-corrected chi connectivity index (χ4v) is 2.79. The lowest BCUT2D eigenvalue weighted by Gasteiger charge is -2.22. The molecule has 6 heteroatoms. The molecule has 24 heavy (non-hydrogen) atoms. The SMILES string of the molecule is COc1ccccc1NC(=O)CCN(C(C)=O)c1ccccc1Br. The summed E-state index contributed by atoms with van der Waals surface area (Å²) in [6, 6.07) is 14.6. The number of benzene rings is 2. The van der Waals surface area contributed by atoms with Gasteiger partial charge in [0.25, 0.3) is 0 Å². The minimum absolute atomic E-state index is 0.119. The zero-order valence-electron chi connectivity index (χ0n) is 13.6. The van der Waals surface area contributed by atoms with Gasteiger partial charge in [-0.05, 0) is 40.2 Å². The van der Waals surface area contributed by atoms with E-state index in [1.54, 1.807) is 24.1 Å². The normalized spacial score (nSPS) is 10.1. The third-order valence-electron chi connectivity index (χ3n) is 3.47. The molecule has 0 fully saturated rings. The molecule has 0 bridgehead atoms. The number of carbonyl (C=O) groups excluding carboxylic acids is 2. The highest BCUT2D eigenvalue weighted by atomic mass is 79.9. The van der Waals surface area contributed by atoms with Crippen LogP contribution in [-0.4, -0.2) is 25.5 Å². The van der Waals surface area contributed by atoms with E-state index in [1.165, 1.54) is 6.92 Å². The molecule has 1 N–H and O–H groups in total. The van der Waals surface area contributed by atoms with Gasteiger partial charge in [0.2, 0.25) is 11.8 Å². The summed E-state index contributed by atoms with van der Waals surface area (Å²) in [5.41, 5.74) is 1.36. The van der Waals surface area contributed by atoms with Gasteiger partial charge in [0.05, 0.1) is 18.5 Å². The maximum atomic E-state index is 12.2. The van der Waals surface area contributed by atoms with Crippen LogP contribution in [0.1, 0.15) is 13.3 Å². The minimum atomic E-state index is -0.183. The fraction of sp³-hybridized carbons (Fsp3) is 0.222. The van der Waals surface area contributed by atoms with E-state index in [0.717, 1.165) is 10.2 Å². The number of nitrogens with one attached hydrogen (secondary N) is 1. The number of para-hydroxylation sites is 3. The van der Waals surface area contributed by atoms with E-state index in [-0.39, 0.29) is 18.2 Å². The van der Waals surface area contributed by atoms with Crippen molar-refractivity contribution in [2.24, 2.45) is 0 Å². The summed E-state index contributed by atoms with van der Waals surface area (Å²) in [5, 5.41) is 2.81. The summed E-state index contributed by atoms with van der Waals surface area (Å²) in [7, 11) is 1.55. The first-order valence-corrected chi connectivity index (χ1v) is 8.27. The van der Waals surface area contributed by atoms with Gasteiger partial charge < -0.3 is 15.0 Å². The van der Waals surface area contributed by atoms with Crippen molar-refractivity contribution in [3.8, 4) is 5.75 Å². The van der Waals surface area contributed by atoms with Gasteiger partial charge in [-0.15, -0.1) is 0 Å².